The molecule has 0 saturated carbocycles. The predicted molar refractivity (Wildman–Crippen MR) is 63.7 cm³/mol. The summed E-state index contributed by atoms with van der Waals surface area (Å²) in [6, 6.07) is 3.25. The first-order chi connectivity index (χ1) is 9.38. The highest BCUT2D eigenvalue weighted by Crippen LogP contribution is 2.28. The first-order valence-corrected chi connectivity index (χ1v) is 5.35. The van der Waals surface area contributed by atoms with Crippen molar-refractivity contribution in [3.8, 4) is 0 Å². The molecule has 0 aromatic carbocycles. The number of carboxylic acids is 1. The van der Waals surface area contributed by atoms with Gasteiger partial charge in [0.05, 0.1) is 29.3 Å². The number of pyridine rings is 2. The van der Waals surface area contributed by atoms with E-state index in [1.54, 1.807) is 0 Å². The van der Waals surface area contributed by atoms with Crippen LogP contribution in [0.5, 0.6) is 0 Å². The van der Waals surface area contributed by atoms with Crippen LogP contribution in [0.25, 0.3) is 0 Å². The van der Waals surface area contributed by atoms with E-state index in [0.717, 1.165) is 18.3 Å². The minimum absolute atomic E-state index is 0.0418. The molecule has 5 nitrogen and oxygen atoms in total. The second-order valence-electron chi connectivity index (χ2n) is 3.78. The molecular formula is C12H8F3N3O2. The summed E-state index contributed by atoms with van der Waals surface area (Å²) < 4.78 is 37.0. The van der Waals surface area contributed by atoms with Gasteiger partial charge < -0.3 is 10.4 Å². The fourth-order valence-electron chi connectivity index (χ4n) is 1.47. The van der Waals surface area contributed by atoms with E-state index in [2.05, 4.69) is 15.3 Å². The second kappa shape index (κ2) is 5.16. The van der Waals surface area contributed by atoms with E-state index in [-0.39, 0.29) is 16.9 Å². The van der Waals surface area contributed by atoms with Gasteiger partial charge in [-0.15, -0.1) is 0 Å². The Kier molecular flexibility index (Phi) is 3.55. The molecule has 0 aliphatic carbocycles. The zero-order chi connectivity index (χ0) is 14.8. The number of carboxylic acid groups (broad SMARTS) is 1. The van der Waals surface area contributed by atoms with Crippen LogP contribution in [0.2, 0.25) is 0 Å². The van der Waals surface area contributed by atoms with E-state index >= 15 is 0 Å². The summed E-state index contributed by atoms with van der Waals surface area (Å²) >= 11 is 0. The number of halogens is 3. The van der Waals surface area contributed by atoms with Gasteiger partial charge in [-0.1, -0.05) is 0 Å². The third kappa shape index (κ3) is 3.02. The molecule has 2 heterocycles. The van der Waals surface area contributed by atoms with Crippen molar-refractivity contribution in [1.29, 1.82) is 0 Å². The summed E-state index contributed by atoms with van der Waals surface area (Å²) in [6.07, 6.45) is -0.971. The van der Waals surface area contributed by atoms with Gasteiger partial charge in [0, 0.05) is 6.20 Å². The number of nitrogens with zero attached hydrogens (tertiary/aromatic N) is 2. The van der Waals surface area contributed by atoms with Gasteiger partial charge in [-0.25, -0.2) is 9.78 Å². The highest BCUT2D eigenvalue weighted by Gasteiger charge is 2.32. The number of anilines is 2. The van der Waals surface area contributed by atoms with Gasteiger partial charge in [0.1, 0.15) is 5.69 Å². The van der Waals surface area contributed by atoms with Crippen molar-refractivity contribution in [2.75, 3.05) is 5.32 Å². The first-order valence-electron chi connectivity index (χ1n) is 5.35. The number of aromatic carboxylic acids is 1. The lowest BCUT2D eigenvalue weighted by atomic mass is 10.2. The number of nitrogens with one attached hydrogen (secondary N) is 1. The molecule has 2 aromatic heterocycles. The Morgan fingerprint density at radius 2 is 1.95 bits per heavy atom. The Labute approximate surface area is 111 Å². The maximum Gasteiger partial charge on any atom is 0.433 e. The van der Waals surface area contributed by atoms with Crippen LogP contribution in [-0.4, -0.2) is 21.0 Å². The maximum atomic E-state index is 12.3. The lowest BCUT2D eigenvalue weighted by Gasteiger charge is -2.10. The Hall–Kier alpha value is -2.64. The Morgan fingerprint density at radius 3 is 2.50 bits per heavy atom. The topological polar surface area (TPSA) is 75.1 Å². The average Bonchev–Trinajstić information content (AvgIpc) is 2.38. The molecule has 20 heavy (non-hydrogen) atoms. The summed E-state index contributed by atoms with van der Waals surface area (Å²) in [7, 11) is 0. The van der Waals surface area contributed by atoms with Crippen molar-refractivity contribution in [3.63, 3.8) is 0 Å². The Balaban J connectivity index is 2.25. The smallest absolute Gasteiger partial charge is 0.433 e. The van der Waals surface area contributed by atoms with Crippen molar-refractivity contribution in [3.05, 3.63) is 48.0 Å². The predicted octanol–water partition coefficient (Wildman–Crippen LogP) is 2.94. The highest BCUT2D eigenvalue weighted by molar-refractivity contribution is 5.94. The summed E-state index contributed by atoms with van der Waals surface area (Å²) in [5, 5.41) is 11.6. The fraction of sp³-hybridized carbons (Fsp3) is 0.0833. The van der Waals surface area contributed by atoms with Crippen LogP contribution in [0.1, 0.15) is 16.1 Å². The molecule has 0 aliphatic heterocycles. The molecular weight excluding hydrogens is 275 g/mol. The molecule has 2 rings (SSSR count). The summed E-state index contributed by atoms with van der Waals surface area (Å²) in [4.78, 5) is 18.0. The van der Waals surface area contributed by atoms with E-state index in [4.69, 9.17) is 5.11 Å². The molecule has 8 heteroatoms. The zero-order valence-corrected chi connectivity index (χ0v) is 9.85. The van der Waals surface area contributed by atoms with E-state index in [1.807, 2.05) is 0 Å². The largest absolute Gasteiger partial charge is 0.478 e. The van der Waals surface area contributed by atoms with E-state index in [0.29, 0.717) is 0 Å². The number of rotatable bonds is 3. The van der Waals surface area contributed by atoms with Gasteiger partial charge in [0.25, 0.3) is 0 Å². The second-order valence-corrected chi connectivity index (χ2v) is 3.78. The minimum Gasteiger partial charge on any atom is -0.478 e. The number of carbonyl (C=O) groups is 1. The molecule has 0 saturated heterocycles. The van der Waals surface area contributed by atoms with E-state index < -0.39 is 17.8 Å². The van der Waals surface area contributed by atoms with Crippen molar-refractivity contribution < 1.29 is 23.1 Å². The van der Waals surface area contributed by atoms with Crippen molar-refractivity contribution in [1.82, 2.24) is 9.97 Å². The van der Waals surface area contributed by atoms with Crippen molar-refractivity contribution in [2.45, 2.75) is 6.18 Å². The fourth-order valence-corrected chi connectivity index (χ4v) is 1.47. The number of aromatic nitrogens is 2. The number of alkyl halides is 3. The molecule has 0 bridgehead atoms. The summed E-state index contributed by atoms with van der Waals surface area (Å²) in [5.74, 6) is -1.17. The van der Waals surface area contributed by atoms with Crippen LogP contribution in [0.4, 0.5) is 24.5 Å². The average molecular weight is 283 g/mol. The molecule has 0 atom stereocenters. The number of hydrogen-bond acceptors (Lipinski definition) is 4. The Bertz CT molecular complexity index is 627. The SMILES string of the molecule is O=C(O)c1ccncc1Nc1ccc(C(F)(F)F)nc1. The van der Waals surface area contributed by atoms with E-state index in [1.165, 1.54) is 18.5 Å². The minimum atomic E-state index is -4.51. The lowest BCUT2D eigenvalue weighted by Crippen LogP contribution is -2.08. The molecule has 104 valence electrons. The number of hydrogen-bond donors (Lipinski definition) is 2. The van der Waals surface area contributed by atoms with Gasteiger partial charge in [0.15, 0.2) is 0 Å². The van der Waals surface area contributed by atoms with Gasteiger partial charge in [-0.3, -0.25) is 4.98 Å². The molecule has 0 radical (unpaired) electrons. The maximum absolute atomic E-state index is 12.3. The quantitative estimate of drug-likeness (QED) is 0.905. The first kappa shape index (κ1) is 13.8. The zero-order valence-electron chi connectivity index (χ0n) is 9.85. The standard InChI is InChI=1S/C12H8F3N3O2/c13-12(14,15)10-2-1-7(5-17-10)18-9-6-16-4-3-8(9)11(19)20/h1-6,18H,(H,19,20). The van der Waals surface area contributed by atoms with E-state index in [9.17, 15) is 18.0 Å². The molecule has 0 aliphatic rings. The highest BCUT2D eigenvalue weighted by atomic mass is 19.4. The van der Waals surface area contributed by atoms with Crippen LogP contribution in [-0.2, 0) is 6.18 Å². The van der Waals surface area contributed by atoms with Crippen LogP contribution in [0, 0.1) is 0 Å². The van der Waals surface area contributed by atoms with Gasteiger partial charge >= 0.3 is 12.1 Å². The third-order valence-electron chi connectivity index (χ3n) is 2.38. The lowest BCUT2D eigenvalue weighted by molar-refractivity contribution is -0.141. The van der Waals surface area contributed by atoms with Crippen LogP contribution in [0.15, 0.2) is 36.8 Å². The van der Waals surface area contributed by atoms with Crippen LogP contribution in [0.3, 0.4) is 0 Å². The molecule has 0 unspecified atom stereocenters. The third-order valence-corrected chi connectivity index (χ3v) is 2.38. The summed E-state index contributed by atoms with van der Waals surface area (Å²) in [5.41, 5.74) is -0.664. The van der Waals surface area contributed by atoms with Crippen molar-refractivity contribution >= 4 is 17.3 Å². The van der Waals surface area contributed by atoms with Crippen molar-refractivity contribution in [2.24, 2.45) is 0 Å². The van der Waals surface area contributed by atoms with Gasteiger partial charge in [-0.05, 0) is 18.2 Å². The molecule has 2 N–H and O–H groups in total. The normalized spacial score (nSPS) is 11.2. The summed E-state index contributed by atoms with van der Waals surface area (Å²) in [6.45, 7) is 0. The van der Waals surface area contributed by atoms with Gasteiger partial charge in [0.2, 0.25) is 0 Å². The molecule has 0 fully saturated rings. The van der Waals surface area contributed by atoms with Gasteiger partial charge in [-0.2, -0.15) is 13.2 Å². The van der Waals surface area contributed by atoms with Crippen LogP contribution >= 0.6 is 0 Å². The monoisotopic (exact) mass is 283 g/mol. The molecule has 0 spiro atoms. The Morgan fingerprint density at radius 1 is 1.20 bits per heavy atom. The van der Waals surface area contributed by atoms with Crippen LogP contribution < -0.4 is 5.32 Å². The molecule has 0 amide bonds. The molecule has 2 aromatic rings.